The molecule has 0 atom stereocenters. The normalized spacial score (nSPS) is 12.0. The summed E-state index contributed by atoms with van der Waals surface area (Å²) in [5.74, 6) is 0. The Labute approximate surface area is 86.8 Å². The minimum Gasteiger partial charge on any atom is -0.380 e. The van der Waals surface area contributed by atoms with E-state index in [0.717, 1.165) is 0 Å². The van der Waals surface area contributed by atoms with E-state index in [1.165, 1.54) is 11.3 Å². The molecule has 76 valence electrons. The van der Waals surface area contributed by atoms with Gasteiger partial charge in [0.15, 0.2) is 0 Å². The average Bonchev–Trinajstić information content (AvgIpc) is 2.06. The molecule has 0 aliphatic carbocycles. The molecule has 0 radical (unpaired) electrons. The van der Waals surface area contributed by atoms with Crippen molar-refractivity contribution < 1.29 is 0 Å². The van der Waals surface area contributed by atoms with Crippen molar-refractivity contribution in [3.63, 3.8) is 0 Å². The Morgan fingerprint density at radius 1 is 1.07 bits per heavy atom. The monoisotopic (exact) mass is 189 g/mol. The van der Waals surface area contributed by atoms with Gasteiger partial charge >= 0.3 is 0 Å². The van der Waals surface area contributed by atoms with Crippen LogP contribution in [-0.4, -0.2) is 5.54 Å². The quantitative estimate of drug-likeness (QED) is 0.743. The second kappa shape index (κ2) is 4.32. The van der Waals surface area contributed by atoms with E-state index in [-0.39, 0.29) is 5.54 Å². The van der Waals surface area contributed by atoms with Crippen LogP contribution in [0.4, 0.5) is 5.69 Å². The molecule has 1 heteroatoms. The molecule has 0 unspecified atom stereocenters. The van der Waals surface area contributed by atoms with Crippen molar-refractivity contribution in [1.82, 2.24) is 0 Å². The molecule has 14 heavy (non-hydrogen) atoms. The molecular weight excluding hydrogens is 170 g/mol. The van der Waals surface area contributed by atoms with Crippen molar-refractivity contribution in [3.05, 3.63) is 35.9 Å². The van der Waals surface area contributed by atoms with Crippen LogP contribution in [0.1, 0.15) is 33.3 Å². The van der Waals surface area contributed by atoms with E-state index >= 15 is 0 Å². The largest absolute Gasteiger partial charge is 0.380 e. The molecule has 0 aromatic heterocycles. The standard InChI is InChI=1S/C13H19N/c1-5-6-11-7-9-12(10-8-11)14-13(2,3)4/h5-10,14H,1-4H3. The molecule has 0 heterocycles. The molecule has 0 saturated carbocycles. The maximum atomic E-state index is 3.43. The highest BCUT2D eigenvalue weighted by atomic mass is 14.9. The molecule has 0 aliphatic rings. The Morgan fingerprint density at radius 3 is 2.07 bits per heavy atom. The van der Waals surface area contributed by atoms with Gasteiger partial charge in [-0.25, -0.2) is 0 Å². The summed E-state index contributed by atoms with van der Waals surface area (Å²) in [7, 11) is 0. The van der Waals surface area contributed by atoms with Gasteiger partial charge in [-0.1, -0.05) is 24.3 Å². The topological polar surface area (TPSA) is 12.0 Å². The van der Waals surface area contributed by atoms with Crippen molar-refractivity contribution in [2.24, 2.45) is 0 Å². The van der Waals surface area contributed by atoms with Gasteiger partial charge in [0.2, 0.25) is 0 Å². The minimum atomic E-state index is 0.127. The van der Waals surface area contributed by atoms with Crippen molar-refractivity contribution in [2.45, 2.75) is 33.2 Å². The molecule has 0 saturated heterocycles. The van der Waals surface area contributed by atoms with Crippen LogP contribution < -0.4 is 5.32 Å². The van der Waals surface area contributed by atoms with Crippen LogP contribution in [0.25, 0.3) is 6.08 Å². The fourth-order valence-electron chi connectivity index (χ4n) is 1.30. The van der Waals surface area contributed by atoms with E-state index in [4.69, 9.17) is 0 Å². The van der Waals surface area contributed by atoms with Gasteiger partial charge in [0.05, 0.1) is 0 Å². The summed E-state index contributed by atoms with van der Waals surface area (Å²) in [6, 6.07) is 8.46. The smallest absolute Gasteiger partial charge is 0.0344 e. The molecule has 1 rings (SSSR count). The lowest BCUT2D eigenvalue weighted by atomic mass is 10.1. The van der Waals surface area contributed by atoms with Gasteiger partial charge in [-0.15, -0.1) is 0 Å². The zero-order valence-corrected chi connectivity index (χ0v) is 9.46. The summed E-state index contributed by atoms with van der Waals surface area (Å²) >= 11 is 0. The highest BCUT2D eigenvalue weighted by Gasteiger charge is 2.08. The SMILES string of the molecule is CC=Cc1ccc(NC(C)(C)C)cc1. The lowest BCUT2D eigenvalue weighted by Crippen LogP contribution is -2.25. The van der Waals surface area contributed by atoms with Crippen molar-refractivity contribution >= 4 is 11.8 Å². The molecule has 0 fully saturated rings. The van der Waals surface area contributed by atoms with Gasteiger partial charge in [0.1, 0.15) is 0 Å². The van der Waals surface area contributed by atoms with Crippen LogP contribution in [0.5, 0.6) is 0 Å². The van der Waals surface area contributed by atoms with Gasteiger partial charge < -0.3 is 5.32 Å². The molecule has 1 aromatic carbocycles. The third-order valence-electron chi connectivity index (χ3n) is 1.79. The summed E-state index contributed by atoms with van der Waals surface area (Å²) in [4.78, 5) is 0. The molecule has 1 nitrogen and oxygen atoms in total. The Hall–Kier alpha value is -1.24. The summed E-state index contributed by atoms with van der Waals surface area (Å²) < 4.78 is 0. The Bertz CT molecular complexity index is 301. The maximum absolute atomic E-state index is 3.43. The summed E-state index contributed by atoms with van der Waals surface area (Å²) in [6.45, 7) is 8.51. The van der Waals surface area contributed by atoms with E-state index in [9.17, 15) is 0 Å². The number of hydrogen-bond donors (Lipinski definition) is 1. The summed E-state index contributed by atoms with van der Waals surface area (Å²) in [5, 5.41) is 3.43. The Kier molecular flexibility index (Phi) is 3.34. The first kappa shape index (κ1) is 10.8. The van der Waals surface area contributed by atoms with E-state index in [2.05, 4.69) is 56.4 Å². The van der Waals surface area contributed by atoms with Crippen LogP contribution in [0.2, 0.25) is 0 Å². The average molecular weight is 189 g/mol. The fourth-order valence-corrected chi connectivity index (χ4v) is 1.30. The van der Waals surface area contributed by atoms with Crippen molar-refractivity contribution in [3.8, 4) is 0 Å². The third-order valence-corrected chi connectivity index (χ3v) is 1.79. The summed E-state index contributed by atoms with van der Waals surface area (Å²) in [5.41, 5.74) is 2.54. The lowest BCUT2D eigenvalue weighted by Gasteiger charge is -2.22. The molecule has 0 amide bonds. The van der Waals surface area contributed by atoms with Gasteiger partial charge in [0, 0.05) is 11.2 Å². The first-order chi connectivity index (χ1) is 6.51. The van der Waals surface area contributed by atoms with Gasteiger partial charge in [0.25, 0.3) is 0 Å². The minimum absolute atomic E-state index is 0.127. The number of benzene rings is 1. The number of hydrogen-bond acceptors (Lipinski definition) is 1. The van der Waals surface area contributed by atoms with E-state index in [1.54, 1.807) is 0 Å². The van der Waals surface area contributed by atoms with E-state index in [0.29, 0.717) is 0 Å². The maximum Gasteiger partial charge on any atom is 0.0344 e. The van der Waals surface area contributed by atoms with E-state index < -0.39 is 0 Å². The second-order valence-corrected chi connectivity index (χ2v) is 4.50. The zero-order valence-electron chi connectivity index (χ0n) is 9.46. The highest BCUT2D eigenvalue weighted by Crippen LogP contribution is 2.15. The third kappa shape index (κ3) is 3.65. The molecule has 0 aliphatic heterocycles. The number of allylic oxidation sites excluding steroid dienone is 1. The number of rotatable bonds is 2. The predicted molar refractivity (Wildman–Crippen MR) is 64.5 cm³/mol. The van der Waals surface area contributed by atoms with Crippen molar-refractivity contribution in [1.29, 1.82) is 0 Å². The lowest BCUT2D eigenvalue weighted by molar-refractivity contribution is 0.634. The number of nitrogens with one attached hydrogen (secondary N) is 1. The van der Waals surface area contributed by atoms with Gasteiger partial charge in [-0.2, -0.15) is 0 Å². The van der Waals surface area contributed by atoms with Crippen LogP contribution in [0.15, 0.2) is 30.3 Å². The first-order valence-corrected chi connectivity index (χ1v) is 5.02. The van der Waals surface area contributed by atoms with E-state index in [1.807, 2.05) is 13.0 Å². The molecule has 1 N–H and O–H groups in total. The Morgan fingerprint density at radius 2 is 1.64 bits per heavy atom. The van der Waals surface area contributed by atoms with Crippen molar-refractivity contribution in [2.75, 3.05) is 5.32 Å². The van der Waals surface area contributed by atoms with Crippen LogP contribution >= 0.6 is 0 Å². The molecule has 0 bridgehead atoms. The Balaban J connectivity index is 2.74. The first-order valence-electron chi connectivity index (χ1n) is 5.02. The predicted octanol–water partition coefficient (Wildman–Crippen LogP) is 3.93. The highest BCUT2D eigenvalue weighted by molar-refractivity contribution is 5.55. The van der Waals surface area contributed by atoms with Crippen LogP contribution in [0, 0.1) is 0 Å². The van der Waals surface area contributed by atoms with Crippen LogP contribution in [-0.2, 0) is 0 Å². The number of anilines is 1. The van der Waals surface area contributed by atoms with Gasteiger partial charge in [-0.05, 0) is 45.4 Å². The fraction of sp³-hybridized carbons (Fsp3) is 0.385. The summed E-state index contributed by atoms with van der Waals surface area (Å²) in [6.07, 6.45) is 4.15. The molecule has 0 spiro atoms. The molecular formula is C13H19N. The zero-order chi connectivity index (χ0) is 10.6. The van der Waals surface area contributed by atoms with Gasteiger partial charge in [-0.3, -0.25) is 0 Å². The van der Waals surface area contributed by atoms with Crippen LogP contribution in [0.3, 0.4) is 0 Å². The second-order valence-electron chi connectivity index (χ2n) is 4.50. The molecule has 1 aromatic rings.